The second kappa shape index (κ2) is 12.0. The van der Waals surface area contributed by atoms with Crippen LogP contribution in [-0.4, -0.2) is 46.8 Å². The highest BCUT2D eigenvalue weighted by atomic mass is 35.5. The average Bonchev–Trinajstić information content (AvgIpc) is 3.58. The normalized spacial score (nSPS) is 17.5. The molecule has 0 aliphatic carbocycles. The van der Waals surface area contributed by atoms with E-state index < -0.39 is 17.7 Å². The van der Waals surface area contributed by atoms with Crippen LogP contribution in [0.5, 0.6) is 17.2 Å². The van der Waals surface area contributed by atoms with Gasteiger partial charge in [-0.3, -0.25) is 14.5 Å². The fourth-order valence-corrected chi connectivity index (χ4v) is 6.67. The number of ketones is 1. The Morgan fingerprint density at radius 1 is 1.07 bits per heavy atom. The molecular formula is C30H24ClN3O6S2. The van der Waals surface area contributed by atoms with Crippen LogP contribution in [0.25, 0.3) is 5.76 Å². The van der Waals surface area contributed by atoms with Crippen LogP contribution in [0.4, 0.5) is 5.13 Å². The Hall–Kier alpha value is -4.06. The summed E-state index contributed by atoms with van der Waals surface area (Å²) in [4.78, 5) is 28.4. The number of hydrogen-bond acceptors (Lipinski definition) is 10. The molecule has 3 heterocycles. The minimum absolute atomic E-state index is 0.0732. The van der Waals surface area contributed by atoms with Crippen molar-refractivity contribution in [3.05, 3.63) is 94.0 Å². The molecular weight excluding hydrogens is 598 g/mol. The van der Waals surface area contributed by atoms with E-state index >= 15 is 0 Å². The predicted octanol–water partition coefficient (Wildman–Crippen LogP) is 6.28. The molecule has 1 fully saturated rings. The van der Waals surface area contributed by atoms with Gasteiger partial charge in [0.05, 0.1) is 18.2 Å². The van der Waals surface area contributed by atoms with Crippen molar-refractivity contribution < 1.29 is 28.9 Å². The molecule has 0 radical (unpaired) electrons. The molecule has 1 amide bonds. The smallest absolute Gasteiger partial charge is 0.301 e. The van der Waals surface area contributed by atoms with Crippen LogP contribution in [-0.2, 0) is 15.3 Å². The summed E-state index contributed by atoms with van der Waals surface area (Å²) in [7, 11) is 0. The summed E-state index contributed by atoms with van der Waals surface area (Å²) in [5.41, 5.74) is 1.87. The monoisotopic (exact) mass is 621 g/mol. The lowest BCUT2D eigenvalue weighted by Crippen LogP contribution is -2.29. The molecule has 2 aliphatic rings. The Labute approximate surface area is 254 Å². The highest BCUT2D eigenvalue weighted by molar-refractivity contribution is 8.00. The number of ether oxygens (including phenoxy) is 3. The maximum Gasteiger partial charge on any atom is 0.301 e. The van der Waals surface area contributed by atoms with Gasteiger partial charge in [0.1, 0.15) is 24.7 Å². The number of aromatic nitrogens is 2. The van der Waals surface area contributed by atoms with E-state index in [-0.39, 0.29) is 16.5 Å². The number of thioether (sulfide) groups is 1. The molecule has 1 saturated heterocycles. The molecule has 1 aromatic heterocycles. The summed E-state index contributed by atoms with van der Waals surface area (Å²) < 4.78 is 17.6. The van der Waals surface area contributed by atoms with Gasteiger partial charge in [-0.1, -0.05) is 59.0 Å². The maximum absolute atomic E-state index is 13.6. The van der Waals surface area contributed by atoms with Crippen molar-refractivity contribution >= 4 is 57.3 Å². The minimum Gasteiger partial charge on any atom is -0.507 e. The van der Waals surface area contributed by atoms with Crippen molar-refractivity contribution in [2.24, 2.45) is 0 Å². The molecule has 1 atom stereocenters. The van der Waals surface area contributed by atoms with Gasteiger partial charge in [0.2, 0.25) is 5.13 Å². The van der Waals surface area contributed by atoms with E-state index in [4.69, 9.17) is 25.8 Å². The van der Waals surface area contributed by atoms with E-state index in [1.54, 1.807) is 42.5 Å². The third-order valence-electron chi connectivity index (χ3n) is 6.62. The number of Topliss-reactive ketones (excluding diaryl/α,β-unsaturated/α-hetero) is 1. The second-order valence-corrected chi connectivity index (χ2v) is 11.9. The molecule has 0 spiro atoms. The first kappa shape index (κ1) is 28.1. The number of anilines is 1. The standard InChI is InChI=1S/C30H24ClN3O6S2/c1-2-38-21-5-3-4-18(14-21)25-24(26(35)19-8-11-22-23(15-19)40-13-12-39-22)27(36)28(37)34(25)29-32-33-30(42-29)41-16-17-6-9-20(31)10-7-17/h3-11,14-15,25,35H,2,12-13,16H2,1H3/b26-24+/t25-/m1/s1. The number of aliphatic hydroxyl groups excluding tert-OH is 1. The first-order chi connectivity index (χ1) is 20.4. The molecule has 6 rings (SSSR count). The van der Waals surface area contributed by atoms with Crippen LogP contribution in [0, 0.1) is 0 Å². The van der Waals surface area contributed by atoms with Crippen molar-refractivity contribution in [1.29, 1.82) is 0 Å². The lowest BCUT2D eigenvalue weighted by atomic mass is 9.95. The Morgan fingerprint density at radius 2 is 1.86 bits per heavy atom. The van der Waals surface area contributed by atoms with E-state index in [0.717, 1.165) is 5.56 Å². The molecule has 214 valence electrons. The van der Waals surface area contributed by atoms with E-state index in [2.05, 4.69) is 10.2 Å². The quantitative estimate of drug-likeness (QED) is 0.0799. The van der Waals surface area contributed by atoms with Crippen LogP contribution in [0.1, 0.15) is 29.7 Å². The summed E-state index contributed by atoms with van der Waals surface area (Å²) >= 11 is 8.64. The van der Waals surface area contributed by atoms with Gasteiger partial charge in [0.25, 0.3) is 5.78 Å². The van der Waals surface area contributed by atoms with Gasteiger partial charge in [0, 0.05) is 16.3 Å². The molecule has 0 bridgehead atoms. The zero-order valence-corrected chi connectivity index (χ0v) is 24.7. The van der Waals surface area contributed by atoms with Gasteiger partial charge in [0.15, 0.2) is 15.8 Å². The Morgan fingerprint density at radius 3 is 2.64 bits per heavy atom. The predicted molar refractivity (Wildman–Crippen MR) is 161 cm³/mol. The highest BCUT2D eigenvalue weighted by Crippen LogP contribution is 2.45. The first-order valence-electron chi connectivity index (χ1n) is 13.1. The SMILES string of the molecule is CCOc1cccc([C@@H]2/C(=C(\O)c3ccc4c(c3)OCCO4)C(=O)C(=O)N2c2nnc(SCc3ccc(Cl)cc3)s2)c1. The van der Waals surface area contributed by atoms with Crippen LogP contribution in [0.3, 0.4) is 0 Å². The van der Waals surface area contributed by atoms with E-state index in [1.807, 2.05) is 31.2 Å². The average molecular weight is 622 g/mol. The van der Waals surface area contributed by atoms with Crippen molar-refractivity contribution in [3.63, 3.8) is 0 Å². The minimum atomic E-state index is -0.972. The number of aliphatic hydroxyl groups is 1. The Kier molecular flexibility index (Phi) is 8.05. The maximum atomic E-state index is 13.6. The number of carbonyl (C=O) groups is 2. The Balaban J connectivity index is 1.39. The van der Waals surface area contributed by atoms with Gasteiger partial charge in [-0.15, -0.1) is 10.2 Å². The first-order valence-corrected chi connectivity index (χ1v) is 15.3. The number of carbonyl (C=O) groups excluding carboxylic acids is 2. The number of fused-ring (bicyclic) bond motifs is 1. The summed E-state index contributed by atoms with van der Waals surface area (Å²) in [5.74, 6) is 0.190. The zero-order chi connectivity index (χ0) is 29.2. The topological polar surface area (TPSA) is 111 Å². The van der Waals surface area contributed by atoms with Gasteiger partial charge in [-0.2, -0.15) is 0 Å². The fraction of sp³-hybridized carbons (Fsp3) is 0.200. The molecule has 0 unspecified atom stereocenters. The lowest BCUT2D eigenvalue weighted by Gasteiger charge is -2.23. The number of nitrogens with zero attached hydrogens (tertiary/aromatic N) is 3. The van der Waals surface area contributed by atoms with Crippen molar-refractivity contribution in [3.8, 4) is 17.2 Å². The molecule has 4 aromatic rings. The summed E-state index contributed by atoms with van der Waals surface area (Å²) in [6.45, 7) is 3.08. The number of hydrogen-bond donors (Lipinski definition) is 1. The van der Waals surface area contributed by atoms with Crippen LogP contribution in [0.2, 0.25) is 5.02 Å². The Bertz CT molecular complexity index is 1690. The van der Waals surface area contributed by atoms with Gasteiger partial charge >= 0.3 is 5.91 Å². The third-order valence-corrected chi connectivity index (χ3v) is 9.00. The van der Waals surface area contributed by atoms with E-state index in [1.165, 1.54) is 28.0 Å². The number of amides is 1. The van der Waals surface area contributed by atoms with Gasteiger partial charge in [-0.25, -0.2) is 0 Å². The van der Waals surface area contributed by atoms with Gasteiger partial charge in [-0.05, 0) is 60.5 Å². The molecule has 0 saturated carbocycles. The lowest BCUT2D eigenvalue weighted by molar-refractivity contribution is -0.132. The van der Waals surface area contributed by atoms with Crippen LogP contribution >= 0.6 is 34.7 Å². The van der Waals surface area contributed by atoms with Crippen molar-refractivity contribution in [2.75, 3.05) is 24.7 Å². The summed E-state index contributed by atoms with van der Waals surface area (Å²) in [6.07, 6.45) is 0. The molecule has 1 N–H and O–H groups in total. The van der Waals surface area contributed by atoms with Crippen LogP contribution in [0.15, 0.2) is 76.6 Å². The highest BCUT2D eigenvalue weighted by Gasteiger charge is 2.48. The number of halogens is 1. The largest absolute Gasteiger partial charge is 0.507 e. The zero-order valence-electron chi connectivity index (χ0n) is 22.3. The summed E-state index contributed by atoms with van der Waals surface area (Å²) in [5, 5.41) is 21.0. The number of rotatable bonds is 8. The third kappa shape index (κ3) is 5.55. The second-order valence-electron chi connectivity index (χ2n) is 9.30. The molecule has 2 aliphatic heterocycles. The molecule has 9 nitrogen and oxygen atoms in total. The molecule has 3 aromatic carbocycles. The summed E-state index contributed by atoms with van der Waals surface area (Å²) in [6, 6.07) is 18.5. The molecule has 42 heavy (non-hydrogen) atoms. The van der Waals surface area contributed by atoms with Crippen LogP contribution < -0.4 is 19.1 Å². The van der Waals surface area contributed by atoms with E-state index in [9.17, 15) is 14.7 Å². The number of benzene rings is 3. The van der Waals surface area contributed by atoms with Crippen molar-refractivity contribution in [2.45, 2.75) is 23.1 Å². The van der Waals surface area contributed by atoms with Gasteiger partial charge < -0.3 is 19.3 Å². The molecule has 12 heteroatoms. The van der Waals surface area contributed by atoms with Crippen molar-refractivity contribution in [1.82, 2.24) is 10.2 Å². The van der Waals surface area contributed by atoms with E-state index in [0.29, 0.717) is 63.3 Å². The fourth-order valence-electron chi connectivity index (χ4n) is 4.72.